The standard InChI is InChI=1S/C12H12ClNO/c1-6-4-5-9(13)11-10(6)12(15)7(2)8(3)14-11/h4-5H,1-3H3,(H,14,15). The number of nitrogens with one attached hydrogen (secondary N) is 1. The van der Waals surface area contributed by atoms with E-state index in [1.54, 1.807) is 0 Å². The van der Waals surface area contributed by atoms with Gasteiger partial charge in [-0.1, -0.05) is 17.7 Å². The van der Waals surface area contributed by atoms with Crippen LogP contribution in [0.15, 0.2) is 16.9 Å². The molecule has 0 unspecified atom stereocenters. The lowest BCUT2D eigenvalue weighted by Crippen LogP contribution is -2.11. The van der Waals surface area contributed by atoms with Crippen LogP contribution >= 0.6 is 11.6 Å². The van der Waals surface area contributed by atoms with Gasteiger partial charge in [-0.15, -0.1) is 0 Å². The first-order valence-electron chi connectivity index (χ1n) is 4.80. The molecule has 0 amide bonds. The highest BCUT2D eigenvalue weighted by atomic mass is 35.5. The zero-order valence-electron chi connectivity index (χ0n) is 8.94. The third-order valence-electron chi connectivity index (χ3n) is 2.81. The van der Waals surface area contributed by atoms with E-state index >= 15 is 0 Å². The number of fused-ring (bicyclic) bond motifs is 1. The summed E-state index contributed by atoms with van der Waals surface area (Å²) in [5.41, 5.74) is 3.40. The molecule has 0 saturated carbocycles. The molecule has 78 valence electrons. The van der Waals surface area contributed by atoms with Crippen LogP contribution in [0.1, 0.15) is 16.8 Å². The predicted molar refractivity (Wildman–Crippen MR) is 63.8 cm³/mol. The van der Waals surface area contributed by atoms with E-state index in [2.05, 4.69) is 4.98 Å². The molecule has 1 N–H and O–H groups in total. The minimum Gasteiger partial charge on any atom is -0.357 e. The topological polar surface area (TPSA) is 32.9 Å². The van der Waals surface area contributed by atoms with E-state index in [1.165, 1.54) is 0 Å². The molecule has 1 aromatic heterocycles. The SMILES string of the molecule is Cc1[nH]c2c(Cl)ccc(C)c2c(=O)c1C. The Kier molecular flexibility index (Phi) is 2.31. The number of aryl methyl sites for hydroxylation is 2. The number of rotatable bonds is 0. The predicted octanol–water partition coefficient (Wildman–Crippen LogP) is 3.11. The fourth-order valence-electron chi connectivity index (χ4n) is 1.74. The Hall–Kier alpha value is -1.28. The molecule has 0 fully saturated rings. The zero-order valence-corrected chi connectivity index (χ0v) is 9.70. The Morgan fingerprint density at radius 2 is 1.87 bits per heavy atom. The van der Waals surface area contributed by atoms with Gasteiger partial charge in [-0.25, -0.2) is 0 Å². The molecule has 2 rings (SSSR count). The van der Waals surface area contributed by atoms with Crippen molar-refractivity contribution < 1.29 is 0 Å². The Balaban J connectivity index is 3.12. The first kappa shape index (κ1) is 10.2. The summed E-state index contributed by atoms with van der Waals surface area (Å²) in [6.45, 7) is 5.63. The van der Waals surface area contributed by atoms with Gasteiger partial charge < -0.3 is 4.98 Å². The van der Waals surface area contributed by atoms with E-state index in [9.17, 15) is 4.79 Å². The molecule has 2 aromatic rings. The van der Waals surface area contributed by atoms with Gasteiger partial charge in [-0.05, 0) is 32.4 Å². The van der Waals surface area contributed by atoms with Crippen molar-refractivity contribution in [3.63, 3.8) is 0 Å². The van der Waals surface area contributed by atoms with Crippen LogP contribution in [0.25, 0.3) is 10.9 Å². The van der Waals surface area contributed by atoms with Gasteiger partial charge in [-0.2, -0.15) is 0 Å². The maximum Gasteiger partial charge on any atom is 0.192 e. The maximum absolute atomic E-state index is 12.0. The molecule has 0 bridgehead atoms. The molecule has 0 spiro atoms. The first-order chi connectivity index (χ1) is 7.02. The highest BCUT2D eigenvalue weighted by Crippen LogP contribution is 2.23. The quantitative estimate of drug-likeness (QED) is 0.729. The van der Waals surface area contributed by atoms with Gasteiger partial charge in [0.1, 0.15) is 0 Å². The summed E-state index contributed by atoms with van der Waals surface area (Å²) in [6, 6.07) is 3.68. The number of hydrogen-bond donors (Lipinski definition) is 1. The normalized spacial score (nSPS) is 10.9. The zero-order chi connectivity index (χ0) is 11.2. The summed E-state index contributed by atoms with van der Waals surface area (Å²) in [7, 11) is 0. The Bertz CT molecular complexity index is 599. The molecule has 2 nitrogen and oxygen atoms in total. The van der Waals surface area contributed by atoms with Crippen molar-refractivity contribution in [2.45, 2.75) is 20.8 Å². The second kappa shape index (κ2) is 3.38. The summed E-state index contributed by atoms with van der Waals surface area (Å²) in [4.78, 5) is 15.2. The van der Waals surface area contributed by atoms with Crippen LogP contribution < -0.4 is 5.43 Å². The minimum absolute atomic E-state index is 0.0706. The fraction of sp³-hybridized carbons (Fsp3) is 0.250. The molecule has 0 aliphatic carbocycles. The molecule has 0 aliphatic rings. The molecule has 1 heterocycles. The van der Waals surface area contributed by atoms with E-state index in [0.717, 1.165) is 22.3 Å². The van der Waals surface area contributed by atoms with Crippen LogP contribution in [-0.2, 0) is 0 Å². The Labute approximate surface area is 92.9 Å². The van der Waals surface area contributed by atoms with Gasteiger partial charge in [0.05, 0.1) is 15.9 Å². The molecule has 0 saturated heterocycles. The van der Waals surface area contributed by atoms with Crippen LogP contribution in [0.4, 0.5) is 0 Å². The molecule has 15 heavy (non-hydrogen) atoms. The molecular formula is C12H12ClNO. The smallest absolute Gasteiger partial charge is 0.192 e. The number of aromatic nitrogens is 1. The minimum atomic E-state index is 0.0706. The average Bonchev–Trinajstić information content (AvgIpc) is 2.20. The van der Waals surface area contributed by atoms with E-state index in [4.69, 9.17) is 11.6 Å². The van der Waals surface area contributed by atoms with Crippen molar-refractivity contribution in [2.75, 3.05) is 0 Å². The number of hydrogen-bond acceptors (Lipinski definition) is 1. The highest BCUT2D eigenvalue weighted by Gasteiger charge is 2.09. The van der Waals surface area contributed by atoms with Crippen LogP contribution in [0.3, 0.4) is 0 Å². The fourth-order valence-corrected chi connectivity index (χ4v) is 1.94. The van der Waals surface area contributed by atoms with Crippen LogP contribution in [-0.4, -0.2) is 4.98 Å². The number of benzene rings is 1. The van der Waals surface area contributed by atoms with Gasteiger partial charge in [0, 0.05) is 11.3 Å². The Morgan fingerprint density at radius 3 is 2.53 bits per heavy atom. The number of halogens is 1. The van der Waals surface area contributed by atoms with E-state index in [-0.39, 0.29) is 5.43 Å². The van der Waals surface area contributed by atoms with E-state index < -0.39 is 0 Å². The monoisotopic (exact) mass is 221 g/mol. The lowest BCUT2D eigenvalue weighted by molar-refractivity contribution is 1.17. The highest BCUT2D eigenvalue weighted by molar-refractivity contribution is 6.35. The van der Waals surface area contributed by atoms with Gasteiger partial charge >= 0.3 is 0 Å². The molecule has 0 atom stereocenters. The lowest BCUT2D eigenvalue weighted by atomic mass is 10.1. The second-order valence-electron chi connectivity index (χ2n) is 3.82. The van der Waals surface area contributed by atoms with Gasteiger partial charge in [0.25, 0.3) is 0 Å². The largest absolute Gasteiger partial charge is 0.357 e. The summed E-state index contributed by atoms with van der Waals surface area (Å²) >= 11 is 6.06. The summed E-state index contributed by atoms with van der Waals surface area (Å²) in [6.07, 6.45) is 0. The average molecular weight is 222 g/mol. The van der Waals surface area contributed by atoms with Crippen molar-refractivity contribution in [1.82, 2.24) is 4.98 Å². The van der Waals surface area contributed by atoms with Gasteiger partial charge in [0.2, 0.25) is 0 Å². The van der Waals surface area contributed by atoms with E-state index in [0.29, 0.717) is 10.4 Å². The van der Waals surface area contributed by atoms with Gasteiger partial charge in [-0.3, -0.25) is 4.79 Å². The molecule has 1 aromatic carbocycles. The second-order valence-corrected chi connectivity index (χ2v) is 4.23. The third kappa shape index (κ3) is 1.45. The van der Waals surface area contributed by atoms with Crippen molar-refractivity contribution in [3.8, 4) is 0 Å². The molecular weight excluding hydrogens is 210 g/mol. The number of pyridine rings is 1. The number of H-pyrrole nitrogens is 1. The lowest BCUT2D eigenvalue weighted by Gasteiger charge is -2.07. The first-order valence-corrected chi connectivity index (χ1v) is 5.18. The van der Waals surface area contributed by atoms with Crippen molar-refractivity contribution >= 4 is 22.5 Å². The maximum atomic E-state index is 12.0. The third-order valence-corrected chi connectivity index (χ3v) is 3.12. The molecule has 0 aliphatic heterocycles. The Morgan fingerprint density at radius 1 is 1.20 bits per heavy atom. The summed E-state index contributed by atoms with van der Waals surface area (Å²) < 4.78 is 0. The van der Waals surface area contributed by atoms with Crippen LogP contribution in [0, 0.1) is 20.8 Å². The van der Waals surface area contributed by atoms with Crippen LogP contribution in [0.2, 0.25) is 5.02 Å². The van der Waals surface area contributed by atoms with Crippen molar-refractivity contribution in [1.29, 1.82) is 0 Å². The molecule has 0 radical (unpaired) electrons. The van der Waals surface area contributed by atoms with Crippen molar-refractivity contribution in [2.24, 2.45) is 0 Å². The van der Waals surface area contributed by atoms with Crippen molar-refractivity contribution in [3.05, 3.63) is 44.2 Å². The van der Waals surface area contributed by atoms with Crippen LogP contribution in [0.5, 0.6) is 0 Å². The summed E-state index contributed by atoms with van der Waals surface area (Å²) in [5, 5.41) is 1.29. The number of aromatic amines is 1. The van der Waals surface area contributed by atoms with E-state index in [1.807, 2.05) is 32.9 Å². The molecule has 3 heteroatoms. The summed E-state index contributed by atoms with van der Waals surface area (Å²) in [5.74, 6) is 0. The van der Waals surface area contributed by atoms with Gasteiger partial charge in [0.15, 0.2) is 5.43 Å².